The third kappa shape index (κ3) is 3.14. The highest BCUT2D eigenvalue weighted by Crippen LogP contribution is 2.15. The average molecular weight is 252 g/mol. The Balaban J connectivity index is 2.02. The zero-order chi connectivity index (χ0) is 13.0. The molecule has 18 heavy (non-hydrogen) atoms. The Bertz CT molecular complexity index is 403. The van der Waals surface area contributed by atoms with E-state index in [0.717, 1.165) is 13.1 Å². The second kappa shape index (κ2) is 5.74. The highest BCUT2D eigenvalue weighted by Gasteiger charge is 2.15. The number of ether oxygens (including phenoxy) is 1. The van der Waals surface area contributed by atoms with Crippen LogP contribution in [-0.2, 0) is 9.53 Å². The van der Waals surface area contributed by atoms with Crippen LogP contribution in [0.4, 0.5) is 5.95 Å². The molecular weight excluding hydrogens is 236 g/mol. The summed E-state index contributed by atoms with van der Waals surface area (Å²) in [6.07, 6.45) is 3.05. The summed E-state index contributed by atoms with van der Waals surface area (Å²) in [6.45, 7) is 2.87. The van der Waals surface area contributed by atoms with Crippen LogP contribution in [0.2, 0.25) is 0 Å². The van der Waals surface area contributed by atoms with E-state index >= 15 is 0 Å². The lowest BCUT2D eigenvalue weighted by Gasteiger charge is -2.26. The third-order valence-corrected chi connectivity index (χ3v) is 2.77. The van der Waals surface area contributed by atoms with Crippen LogP contribution in [0.5, 0.6) is 0 Å². The topological polar surface area (TPSA) is 102 Å². The summed E-state index contributed by atoms with van der Waals surface area (Å²) in [5.41, 5.74) is 6.36. The molecule has 7 heteroatoms. The van der Waals surface area contributed by atoms with E-state index in [0.29, 0.717) is 24.7 Å². The third-order valence-electron chi connectivity index (χ3n) is 2.77. The Morgan fingerprint density at radius 1 is 1.44 bits per heavy atom. The molecule has 1 fully saturated rings. The van der Waals surface area contributed by atoms with E-state index in [-0.39, 0.29) is 6.42 Å². The Labute approximate surface area is 105 Å². The van der Waals surface area contributed by atoms with Gasteiger partial charge < -0.3 is 20.5 Å². The van der Waals surface area contributed by atoms with Gasteiger partial charge >= 0.3 is 5.97 Å². The van der Waals surface area contributed by atoms with Crippen molar-refractivity contribution in [2.75, 3.05) is 31.2 Å². The van der Waals surface area contributed by atoms with Crippen molar-refractivity contribution in [2.45, 2.75) is 12.5 Å². The molecule has 0 bridgehead atoms. The van der Waals surface area contributed by atoms with Gasteiger partial charge in [-0.05, 0) is 0 Å². The number of carboxylic acid groups (broad SMARTS) is 1. The summed E-state index contributed by atoms with van der Waals surface area (Å²) < 4.78 is 5.24. The van der Waals surface area contributed by atoms with E-state index in [1.807, 2.05) is 4.90 Å². The summed E-state index contributed by atoms with van der Waals surface area (Å²) in [6, 6.07) is -0.568. The highest BCUT2D eigenvalue weighted by molar-refractivity contribution is 5.67. The summed E-state index contributed by atoms with van der Waals surface area (Å²) in [5, 5.41) is 8.66. The highest BCUT2D eigenvalue weighted by atomic mass is 16.5. The zero-order valence-electron chi connectivity index (χ0n) is 9.95. The number of aliphatic carboxylic acids is 1. The van der Waals surface area contributed by atoms with Crippen molar-refractivity contribution in [1.82, 2.24) is 9.97 Å². The predicted molar refractivity (Wildman–Crippen MR) is 64.2 cm³/mol. The molecule has 0 aromatic carbocycles. The molecule has 1 aliphatic heterocycles. The average Bonchev–Trinajstić information content (AvgIpc) is 2.39. The van der Waals surface area contributed by atoms with Crippen LogP contribution in [-0.4, -0.2) is 47.3 Å². The number of aromatic nitrogens is 2. The van der Waals surface area contributed by atoms with Crippen molar-refractivity contribution < 1.29 is 14.6 Å². The Morgan fingerprint density at radius 3 is 2.61 bits per heavy atom. The van der Waals surface area contributed by atoms with Gasteiger partial charge in [-0.2, -0.15) is 0 Å². The first kappa shape index (κ1) is 12.7. The maximum atomic E-state index is 10.6. The summed E-state index contributed by atoms with van der Waals surface area (Å²) >= 11 is 0. The molecule has 1 saturated heterocycles. The van der Waals surface area contributed by atoms with E-state index in [4.69, 9.17) is 15.6 Å². The predicted octanol–water partition coefficient (Wildman–Crippen LogP) is -0.212. The quantitative estimate of drug-likeness (QED) is 0.764. The summed E-state index contributed by atoms with van der Waals surface area (Å²) in [5.74, 6) is -0.302. The minimum atomic E-state index is -0.931. The van der Waals surface area contributed by atoms with Crippen LogP contribution in [0.3, 0.4) is 0 Å². The minimum Gasteiger partial charge on any atom is -0.481 e. The van der Waals surface area contributed by atoms with Crippen molar-refractivity contribution in [3.05, 3.63) is 18.0 Å². The van der Waals surface area contributed by atoms with Gasteiger partial charge in [0.25, 0.3) is 0 Å². The lowest BCUT2D eigenvalue weighted by Crippen LogP contribution is -2.37. The van der Waals surface area contributed by atoms with Crippen LogP contribution in [0.15, 0.2) is 12.4 Å². The lowest BCUT2D eigenvalue weighted by atomic mass is 10.1. The maximum Gasteiger partial charge on any atom is 0.305 e. The van der Waals surface area contributed by atoms with Gasteiger partial charge in [0.05, 0.1) is 19.6 Å². The fourth-order valence-electron chi connectivity index (χ4n) is 1.76. The van der Waals surface area contributed by atoms with Gasteiger partial charge in [0.2, 0.25) is 5.95 Å². The minimum absolute atomic E-state index is 0.125. The van der Waals surface area contributed by atoms with Gasteiger partial charge in [0.1, 0.15) is 0 Å². The number of nitrogens with two attached hydrogens (primary N) is 1. The van der Waals surface area contributed by atoms with Crippen molar-refractivity contribution in [1.29, 1.82) is 0 Å². The van der Waals surface area contributed by atoms with E-state index in [1.54, 1.807) is 12.4 Å². The molecule has 0 radical (unpaired) electrons. The Morgan fingerprint density at radius 2 is 2.06 bits per heavy atom. The number of nitrogens with zero attached hydrogens (tertiary/aromatic N) is 3. The molecule has 1 atom stereocenters. The van der Waals surface area contributed by atoms with Crippen molar-refractivity contribution in [3.8, 4) is 0 Å². The Kier molecular flexibility index (Phi) is 4.06. The normalized spacial score (nSPS) is 17.5. The van der Waals surface area contributed by atoms with E-state index in [1.165, 1.54) is 0 Å². The van der Waals surface area contributed by atoms with Gasteiger partial charge in [-0.1, -0.05) is 0 Å². The number of anilines is 1. The van der Waals surface area contributed by atoms with Gasteiger partial charge in [0.15, 0.2) is 0 Å². The van der Waals surface area contributed by atoms with Gasteiger partial charge in [0, 0.05) is 37.1 Å². The molecule has 0 aliphatic carbocycles. The fraction of sp³-hybridized carbons (Fsp3) is 0.545. The molecule has 3 N–H and O–H groups in total. The van der Waals surface area contributed by atoms with Crippen LogP contribution in [0.1, 0.15) is 18.0 Å². The van der Waals surface area contributed by atoms with E-state index in [2.05, 4.69) is 9.97 Å². The summed E-state index contributed by atoms with van der Waals surface area (Å²) in [4.78, 5) is 21.0. The molecule has 0 spiro atoms. The number of morpholine rings is 1. The number of hydrogen-bond acceptors (Lipinski definition) is 6. The molecule has 0 saturated carbocycles. The molecular formula is C11H16N4O3. The van der Waals surface area contributed by atoms with Crippen molar-refractivity contribution >= 4 is 11.9 Å². The van der Waals surface area contributed by atoms with E-state index in [9.17, 15) is 4.79 Å². The largest absolute Gasteiger partial charge is 0.481 e. The smallest absolute Gasteiger partial charge is 0.305 e. The van der Waals surface area contributed by atoms with Gasteiger partial charge in [-0.3, -0.25) is 4.79 Å². The lowest BCUT2D eigenvalue weighted by molar-refractivity contribution is -0.137. The molecule has 0 amide bonds. The van der Waals surface area contributed by atoms with Crippen LogP contribution in [0, 0.1) is 0 Å². The monoisotopic (exact) mass is 252 g/mol. The second-order valence-corrected chi connectivity index (χ2v) is 4.12. The fourth-order valence-corrected chi connectivity index (χ4v) is 1.76. The Hall–Kier alpha value is -1.73. The first-order chi connectivity index (χ1) is 8.66. The number of rotatable bonds is 4. The van der Waals surface area contributed by atoms with E-state index < -0.39 is 12.0 Å². The van der Waals surface area contributed by atoms with Crippen LogP contribution >= 0.6 is 0 Å². The standard InChI is InChI=1S/C11H16N4O3/c12-9(5-10(16)17)8-6-13-11(14-7-8)15-1-3-18-4-2-15/h6-7,9H,1-5,12H2,(H,16,17)/t9-/m1/s1. The number of carbonyl (C=O) groups is 1. The maximum absolute atomic E-state index is 10.6. The van der Waals surface area contributed by atoms with Crippen molar-refractivity contribution in [3.63, 3.8) is 0 Å². The van der Waals surface area contributed by atoms with Crippen molar-refractivity contribution in [2.24, 2.45) is 5.73 Å². The van der Waals surface area contributed by atoms with Gasteiger partial charge in [-0.15, -0.1) is 0 Å². The zero-order valence-corrected chi connectivity index (χ0v) is 9.95. The first-order valence-electron chi connectivity index (χ1n) is 5.79. The molecule has 1 aromatic rings. The van der Waals surface area contributed by atoms with Gasteiger partial charge in [-0.25, -0.2) is 9.97 Å². The molecule has 2 rings (SSSR count). The second-order valence-electron chi connectivity index (χ2n) is 4.12. The number of hydrogen-bond donors (Lipinski definition) is 2. The van der Waals surface area contributed by atoms with Crippen LogP contribution in [0.25, 0.3) is 0 Å². The first-order valence-corrected chi connectivity index (χ1v) is 5.79. The molecule has 1 aromatic heterocycles. The molecule has 2 heterocycles. The number of carboxylic acids is 1. The SMILES string of the molecule is N[C@H](CC(=O)O)c1cnc(N2CCOCC2)nc1. The summed E-state index contributed by atoms with van der Waals surface area (Å²) in [7, 11) is 0. The molecule has 7 nitrogen and oxygen atoms in total. The molecule has 0 unspecified atom stereocenters. The van der Waals surface area contributed by atoms with Crippen LogP contribution < -0.4 is 10.6 Å². The molecule has 98 valence electrons. The molecule has 1 aliphatic rings.